The molecule has 0 fully saturated rings. The molecule has 1 atom stereocenters. The molecule has 2 aromatic carbocycles. The topological polar surface area (TPSA) is 29.5 Å². The van der Waals surface area contributed by atoms with E-state index in [1.165, 1.54) is 0 Å². The molecule has 0 aromatic heterocycles. The van der Waals surface area contributed by atoms with Gasteiger partial charge >= 0.3 is 0 Å². The summed E-state index contributed by atoms with van der Waals surface area (Å²) >= 11 is 3.48. The minimum Gasteiger partial charge on any atom is -0.456 e. The van der Waals surface area contributed by atoms with Crippen molar-refractivity contribution in [2.24, 2.45) is 0 Å². The number of aliphatic hydroxyl groups is 1. The standard InChI is InChI=1S/C15H15BrO2/c1-10-7-8-15(13(16)9-10)18-14-6-4-3-5-12(14)11(2)17/h3-9,11,17H,1-2H3/t11-/m0/s1. The van der Waals surface area contributed by atoms with E-state index in [9.17, 15) is 5.11 Å². The number of aliphatic hydroxyl groups excluding tert-OH is 1. The van der Waals surface area contributed by atoms with E-state index in [0.717, 1.165) is 21.3 Å². The molecule has 0 aliphatic rings. The van der Waals surface area contributed by atoms with Crippen LogP contribution in [0.5, 0.6) is 11.5 Å². The largest absolute Gasteiger partial charge is 0.456 e. The summed E-state index contributed by atoms with van der Waals surface area (Å²) in [5.41, 5.74) is 1.95. The lowest BCUT2D eigenvalue weighted by atomic mass is 10.1. The Bertz CT molecular complexity index is 550. The maximum atomic E-state index is 9.70. The van der Waals surface area contributed by atoms with Gasteiger partial charge in [-0.2, -0.15) is 0 Å². The summed E-state index contributed by atoms with van der Waals surface area (Å²) in [4.78, 5) is 0. The van der Waals surface area contributed by atoms with Gasteiger partial charge in [0.1, 0.15) is 11.5 Å². The van der Waals surface area contributed by atoms with Gasteiger partial charge in [0.15, 0.2) is 0 Å². The number of ether oxygens (including phenoxy) is 1. The lowest BCUT2D eigenvalue weighted by Crippen LogP contribution is -1.96. The van der Waals surface area contributed by atoms with E-state index < -0.39 is 6.10 Å². The monoisotopic (exact) mass is 306 g/mol. The maximum absolute atomic E-state index is 9.70. The Morgan fingerprint density at radius 3 is 2.50 bits per heavy atom. The Hall–Kier alpha value is -1.32. The van der Waals surface area contributed by atoms with E-state index in [-0.39, 0.29) is 0 Å². The van der Waals surface area contributed by atoms with Gasteiger partial charge in [-0.25, -0.2) is 0 Å². The lowest BCUT2D eigenvalue weighted by Gasteiger charge is -2.14. The summed E-state index contributed by atoms with van der Waals surface area (Å²) in [6, 6.07) is 13.4. The van der Waals surface area contributed by atoms with E-state index in [2.05, 4.69) is 15.9 Å². The van der Waals surface area contributed by atoms with Crippen molar-refractivity contribution >= 4 is 15.9 Å². The second-order valence-electron chi connectivity index (χ2n) is 4.25. The van der Waals surface area contributed by atoms with Crippen molar-refractivity contribution in [2.45, 2.75) is 20.0 Å². The fourth-order valence-electron chi connectivity index (χ4n) is 1.73. The van der Waals surface area contributed by atoms with Gasteiger partial charge in [0.05, 0.1) is 10.6 Å². The van der Waals surface area contributed by atoms with Crippen LogP contribution in [0.3, 0.4) is 0 Å². The van der Waals surface area contributed by atoms with Crippen molar-refractivity contribution in [1.82, 2.24) is 0 Å². The summed E-state index contributed by atoms with van der Waals surface area (Å²) in [6.45, 7) is 3.75. The highest BCUT2D eigenvalue weighted by Gasteiger charge is 2.10. The van der Waals surface area contributed by atoms with Crippen LogP contribution in [0.25, 0.3) is 0 Å². The molecule has 0 radical (unpaired) electrons. The average molecular weight is 307 g/mol. The van der Waals surface area contributed by atoms with Gasteiger partial charge < -0.3 is 9.84 Å². The van der Waals surface area contributed by atoms with Crippen LogP contribution < -0.4 is 4.74 Å². The highest BCUT2D eigenvalue weighted by atomic mass is 79.9. The van der Waals surface area contributed by atoms with Crippen LogP contribution in [-0.4, -0.2) is 5.11 Å². The zero-order chi connectivity index (χ0) is 13.1. The predicted octanol–water partition coefficient (Wildman–Crippen LogP) is 4.60. The third-order valence-corrected chi connectivity index (χ3v) is 3.30. The molecular weight excluding hydrogens is 292 g/mol. The fraction of sp³-hybridized carbons (Fsp3) is 0.200. The van der Waals surface area contributed by atoms with E-state index in [4.69, 9.17) is 4.74 Å². The minimum atomic E-state index is -0.551. The average Bonchev–Trinajstić information content (AvgIpc) is 2.33. The fourth-order valence-corrected chi connectivity index (χ4v) is 2.30. The van der Waals surface area contributed by atoms with Crippen molar-refractivity contribution in [3.05, 3.63) is 58.1 Å². The molecule has 0 saturated heterocycles. The van der Waals surface area contributed by atoms with Gasteiger partial charge in [0.25, 0.3) is 0 Å². The van der Waals surface area contributed by atoms with Crippen LogP contribution in [0.1, 0.15) is 24.2 Å². The van der Waals surface area contributed by atoms with Gasteiger partial charge in [-0.3, -0.25) is 0 Å². The van der Waals surface area contributed by atoms with Gasteiger partial charge in [-0.05, 0) is 53.5 Å². The van der Waals surface area contributed by atoms with Gasteiger partial charge in [0.2, 0.25) is 0 Å². The Morgan fingerprint density at radius 2 is 1.83 bits per heavy atom. The molecule has 1 N–H and O–H groups in total. The summed E-state index contributed by atoms with van der Waals surface area (Å²) in [6.07, 6.45) is -0.551. The van der Waals surface area contributed by atoms with E-state index in [0.29, 0.717) is 5.75 Å². The van der Waals surface area contributed by atoms with Crippen LogP contribution in [0.15, 0.2) is 46.9 Å². The maximum Gasteiger partial charge on any atom is 0.141 e. The molecule has 18 heavy (non-hydrogen) atoms. The first kappa shape index (κ1) is 13.1. The van der Waals surface area contributed by atoms with Gasteiger partial charge in [-0.1, -0.05) is 24.3 Å². The molecule has 94 valence electrons. The van der Waals surface area contributed by atoms with Crippen molar-refractivity contribution < 1.29 is 9.84 Å². The van der Waals surface area contributed by atoms with Gasteiger partial charge in [-0.15, -0.1) is 0 Å². The normalized spacial score (nSPS) is 12.2. The van der Waals surface area contributed by atoms with Crippen molar-refractivity contribution in [3.8, 4) is 11.5 Å². The smallest absolute Gasteiger partial charge is 0.141 e. The molecule has 2 nitrogen and oxygen atoms in total. The van der Waals surface area contributed by atoms with Crippen LogP contribution in [0.4, 0.5) is 0 Å². The summed E-state index contributed by atoms with van der Waals surface area (Å²) in [7, 11) is 0. The third kappa shape index (κ3) is 2.92. The van der Waals surface area contributed by atoms with Crippen LogP contribution >= 0.6 is 15.9 Å². The molecule has 3 heteroatoms. The molecule has 2 aromatic rings. The van der Waals surface area contributed by atoms with Crippen LogP contribution in [0, 0.1) is 6.92 Å². The zero-order valence-corrected chi connectivity index (χ0v) is 11.9. The molecule has 2 rings (SSSR count). The third-order valence-electron chi connectivity index (χ3n) is 2.68. The molecule has 0 bridgehead atoms. The van der Waals surface area contributed by atoms with E-state index in [1.54, 1.807) is 6.92 Å². The number of hydrogen-bond donors (Lipinski definition) is 1. The van der Waals surface area contributed by atoms with Crippen molar-refractivity contribution in [1.29, 1.82) is 0 Å². The molecular formula is C15H15BrO2. The Kier molecular flexibility index (Phi) is 4.04. The molecule has 0 aliphatic heterocycles. The van der Waals surface area contributed by atoms with Crippen LogP contribution in [-0.2, 0) is 0 Å². The van der Waals surface area contributed by atoms with Crippen molar-refractivity contribution in [3.63, 3.8) is 0 Å². The SMILES string of the molecule is Cc1ccc(Oc2ccccc2[C@H](C)O)c(Br)c1. The van der Waals surface area contributed by atoms with E-state index >= 15 is 0 Å². The second kappa shape index (κ2) is 5.55. The molecule has 0 aliphatic carbocycles. The number of benzene rings is 2. The Morgan fingerprint density at radius 1 is 1.11 bits per heavy atom. The van der Waals surface area contributed by atoms with Crippen LogP contribution in [0.2, 0.25) is 0 Å². The number of para-hydroxylation sites is 1. The lowest BCUT2D eigenvalue weighted by molar-refractivity contribution is 0.195. The number of hydrogen-bond acceptors (Lipinski definition) is 2. The molecule has 0 heterocycles. The highest BCUT2D eigenvalue weighted by molar-refractivity contribution is 9.10. The van der Waals surface area contributed by atoms with E-state index in [1.807, 2.05) is 49.4 Å². The Labute approximate surface area is 115 Å². The number of rotatable bonds is 3. The first-order chi connectivity index (χ1) is 8.58. The molecule has 0 unspecified atom stereocenters. The predicted molar refractivity (Wildman–Crippen MR) is 76.0 cm³/mol. The second-order valence-corrected chi connectivity index (χ2v) is 5.10. The molecule has 0 spiro atoms. The quantitative estimate of drug-likeness (QED) is 0.897. The summed E-state index contributed by atoms with van der Waals surface area (Å²) in [5.74, 6) is 1.42. The summed E-state index contributed by atoms with van der Waals surface area (Å²) < 4.78 is 6.76. The Balaban J connectivity index is 2.34. The highest BCUT2D eigenvalue weighted by Crippen LogP contribution is 2.33. The minimum absolute atomic E-state index is 0.551. The first-order valence-corrected chi connectivity index (χ1v) is 6.58. The summed E-state index contributed by atoms with van der Waals surface area (Å²) in [5, 5.41) is 9.70. The van der Waals surface area contributed by atoms with Crippen molar-refractivity contribution in [2.75, 3.05) is 0 Å². The molecule has 0 saturated carbocycles. The number of halogens is 1. The zero-order valence-electron chi connectivity index (χ0n) is 10.4. The van der Waals surface area contributed by atoms with Gasteiger partial charge in [0, 0.05) is 5.56 Å². The molecule has 0 amide bonds. The number of aryl methyl sites for hydroxylation is 1. The first-order valence-electron chi connectivity index (χ1n) is 5.79.